The van der Waals surface area contributed by atoms with Gasteiger partial charge in [-0.3, -0.25) is 4.79 Å². The molecule has 1 aliphatic carbocycles. The Balaban J connectivity index is 1.82. The lowest BCUT2D eigenvalue weighted by molar-refractivity contribution is -0.133. The van der Waals surface area contributed by atoms with Crippen LogP contribution in [0.3, 0.4) is 0 Å². The van der Waals surface area contributed by atoms with Crippen LogP contribution in [-0.2, 0) is 11.2 Å². The third-order valence-electron chi connectivity index (χ3n) is 4.67. The Labute approximate surface area is 123 Å². The van der Waals surface area contributed by atoms with E-state index < -0.39 is 0 Å². The van der Waals surface area contributed by atoms with Crippen LogP contribution in [0.15, 0.2) is 11.4 Å². The summed E-state index contributed by atoms with van der Waals surface area (Å²) in [7, 11) is 0. The molecule has 1 fully saturated rings. The zero-order valence-corrected chi connectivity index (χ0v) is 12.8. The maximum absolute atomic E-state index is 12.8. The van der Waals surface area contributed by atoms with Crippen LogP contribution in [0.25, 0.3) is 0 Å². The van der Waals surface area contributed by atoms with E-state index in [1.54, 1.807) is 11.3 Å². The van der Waals surface area contributed by atoms with Gasteiger partial charge in [0.15, 0.2) is 0 Å². The molecule has 0 bridgehead atoms. The Morgan fingerprint density at radius 3 is 3.16 bits per heavy atom. The molecule has 1 aliphatic heterocycles. The fourth-order valence-electron chi connectivity index (χ4n) is 3.46. The Hall–Kier alpha value is -0.540. The van der Waals surface area contributed by atoms with Gasteiger partial charge in [0.25, 0.3) is 0 Å². The van der Waals surface area contributed by atoms with Crippen molar-refractivity contribution in [2.45, 2.75) is 44.6 Å². The van der Waals surface area contributed by atoms with Gasteiger partial charge in [0.1, 0.15) is 0 Å². The zero-order chi connectivity index (χ0) is 13.4. The molecule has 0 saturated carbocycles. The van der Waals surface area contributed by atoms with Crippen molar-refractivity contribution in [3.8, 4) is 0 Å². The first-order chi connectivity index (χ1) is 9.22. The molecule has 1 amide bonds. The number of hydrogen-bond acceptors (Lipinski definition) is 2. The van der Waals surface area contributed by atoms with Crippen molar-refractivity contribution < 1.29 is 4.79 Å². The molecule has 104 valence electrons. The predicted octanol–water partition coefficient (Wildman–Crippen LogP) is 3.64. The lowest BCUT2D eigenvalue weighted by Gasteiger charge is -2.31. The van der Waals surface area contributed by atoms with E-state index in [1.165, 1.54) is 10.4 Å². The fraction of sp³-hybridized carbons (Fsp3) is 0.667. The molecule has 3 atom stereocenters. The lowest BCUT2D eigenvalue weighted by Crippen LogP contribution is -2.42. The van der Waals surface area contributed by atoms with E-state index in [4.69, 9.17) is 11.6 Å². The maximum atomic E-state index is 12.8. The van der Waals surface area contributed by atoms with Gasteiger partial charge in [0.05, 0.1) is 5.92 Å². The average Bonchev–Trinajstić information content (AvgIpc) is 3.03. The third-order valence-corrected chi connectivity index (χ3v) is 5.99. The molecule has 0 N–H and O–H groups in total. The molecule has 2 nitrogen and oxygen atoms in total. The number of hydrogen-bond donors (Lipinski definition) is 0. The minimum Gasteiger partial charge on any atom is -0.338 e. The summed E-state index contributed by atoms with van der Waals surface area (Å²) in [5.74, 6) is 1.50. The number of fused-ring (bicyclic) bond motifs is 1. The van der Waals surface area contributed by atoms with Crippen molar-refractivity contribution in [3.63, 3.8) is 0 Å². The summed E-state index contributed by atoms with van der Waals surface area (Å²) in [5, 5.41) is 2.13. The Morgan fingerprint density at radius 1 is 1.53 bits per heavy atom. The number of carbonyl (C=O) groups is 1. The second-order valence-electron chi connectivity index (χ2n) is 5.76. The van der Waals surface area contributed by atoms with Gasteiger partial charge in [-0.1, -0.05) is 6.92 Å². The Kier molecular flexibility index (Phi) is 3.86. The lowest BCUT2D eigenvalue weighted by atomic mass is 9.86. The van der Waals surface area contributed by atoms with Gasteiger partial charge in [-0.15, -0.1) is 22.9 Å². The van der Waals surface area contributed by atoms with Gasteiger partial charge in [0, 0.05) is 23.3 Å². The van der Waals surface area contributed by atoms with Gasteiger partial charge in [-0.2, -0.15) is 0 Å². The van der Waals surface area contributed by atoms with Crippen molar-refractivity contribution in [1.29, 1.82) is 0 Å². The number of rotatable bonds is 2. The quantitative estimate of drug-likeness (QED) is 0.763. The van der Waals surface area contributed by atoms with Gasteiger partial charge >= 0.3 is 0 Å². The first kappa shape index (κ1) is 13.4. The highest BCUT2D eigenvalue weighted by atomic mass is 35.5. The number of likely N-dealkylation sites (tertiary alicyclic amines) is 1. The van der Waals surface area contributed by atoms with Crippen LogP contribution in [0.5, 0.6) is 0 Å². The van der Waals surface area contributed by atoms with Crippen LogP contribution in [0, 0.1) is 5.92 Å². The molecule has 0 radical (unpaired) electrons. The highest BCUT2D eigenvalue weighted by Gasteiger charge is 2.38. The summed E-state index contributed by atoms with van der Waals surface area (Å²) in [6.07, 6.45) is 4.37. The Morgan fingerprint density at radius 2 is 2.37 bits per heavy atom. The normalized spacial score (nSPS) is 30.4. The summed E-state index contributed by atoms with van der Waals surface area (Å²) >= 11 is 7.87. The van der Waals surface area contributed by atoms with Crippen LogP contribution < -0.4 is 0 Å². The Bertz CT molecular complexity index is 472. The van der Waals surface area contributed by atoms with Crippen molar-refractivity contribution >= 4 is 28.8 Å². The molecule has 2 aliphatic rings. The minimum absolute atomic E-state index is 0.0889. The van der Waals surface area contributed by atoms with E-state index in [2.05, 4.69) is 23.3 Å². The van der Waals surface area contributed by atoms with E-state index in [0.29, 0.717) is 17.7 Å². The molecule has 1 aromatic rings. The van der Waals surface area contributed by atoms with Gasteiger partial charge in [-0.05, 0) is 48.6 Å². The first-order valence-electron chi connectivity index (χ1n) is 7.15. The maximum Gasteiger partial charge on any atom is 0.230 e. The number of thiophene rings is 1. The van der Waals surface area contributed by atoms with E-state index in [0.717, 1.165) is 32.2 Å². The van der Waals surface area contributed by atoms with Crippen LogP contribution in [0.1, 0.15) is 42.5 Å². The summed E-state index contributed by atoms with van der Waals surface area (Å²) in [6, 6.07) is 2.38. The highest BCUT2D eigenvalue weighted by Crippen LogP contribution is 2.38. The summed E-state index contributed by atoms with van der Waals surface area (Å²) < 4.78 is 0. The second kappa shape index (κ2) is 5.45. The molecule has 3 rings (SSSR count). The number of aryl methyl sites for hydroxylation is 1. The van der Waals surface area contributed by atoms with Crippen LogP contribution >= 0.6 is 22.9 Å². The molecule has 0 aromatic carbocycles. The number of halogens is 1. The molecule has 1 saturated heterocycles. The monoisotopic (exact) mass is 297 g/mol. The average molecular weight is 298 g/mol. The van der Waals surface area contributed by atoms with Gasteiger partial charge < -0.3 is 4.90 Å². The third kappa shape index (κ3) is 2.31. The number of carbonyl (C=O) groups excluding carboxylic acids is 1. The molecular weight excluding hydrogens is 278 g/mol. The molecule has 3 unspecified atom stereocenters. The van der Waals surface area contributed by atoms with E-state index in [1.807, 2.05) is 0 Å². The molecule has 0 spiro atoms. The zero-order valence-electron chi connectivity index (χ0n) is 11.3. The fourth-order valence-corrected chi connectivity index (χ4v) is 4.92. The molecule has 2 heterocycles. The van der Waals surface area contributed by atoms with E-state index in [-0.39, 0.29) is 12.0 Å². The van der Waals surface area contributed by atoms with Crippen LogP contribution in [0.4, 0.5) is 0 Å². The smallest absolute Gasteiger partial charge is 0.230 e. The largest absolute Gasteiger partial charge is 0.338 e. The number of nitrogens with zero attached hydrogens (tertiary/aromatic N) is 1. The van der Waals surface area contributed by atoms with Crippen molar-refractivity contribution in [3.05, 3.63) is 21.9 Å². The number of alkyl halides is 1. The topological polar surface area (TPSA) is 20.3 Å². The second-order valence-corrected chi connectivity index (χ2v) is 7.07. The molecular formula is C15H20ClNOS. The highest BCUT2D eigenvalue weighted by molar-refractivity contribution is 7.10. The molecule has 19 heavy (non-hydrogen) atoms. The summed E-state index contributed by atoms with van der Waals surface area (Å²) in [5.41, 5.74) is 1.29. The standard InChI is InChI=1S/C15H20ClNOS/c1-10-5-7-17(13(10)9-16)15(18)12-3-2-4-14-11(12)6-8-19-14/h6,8,10,12-13H,2-5,7,9H2,1H3. The van der Waals surface area contributed by atoms with E-state index in [9.17, 15) is 4.79 Å². The van der Waals surface area contributed by atoms with E-state index >= 15 is 0 Å². The predicted molar refractivity (Wildman–Crippen MR) is 80.0 cm³/mol. The molecule has 4 heteroatoms. The SMILES string of the molecule is CC1CCN(C(=O)C2CCCc3sccc32)C1CCl. The van der Waals surface area contributed by atoms with Crippen molar-refractivity contribution in [1.82, 2.24) is 4.90 Å². The minimum atomic E-state index is 0.0889. The van der Waals surface area contributed by atoms with Crippen LogP contribution in [-0.4, -0.2) is 29.3 Å². The summed E-state index contributed by atoms with van der Waals surface area (Å²) in [4.78, 5) is 16.3. The van der Waals surface area contributed by atoms with Crippen molar-refractivity contribution in [2.75, 3.05) is 12.4 Å². The van der Waals surface area contributed by atoms with Crippen LogP contribution in [0.2, 0.25) is 0 Å². The van der Waals surface area contributed by atoms with Gasteiger partial charge in [-0.25, -0.2) is 0 Å². The first-order valence-corrected chi connectivity index (χ1v) is 8.56. The van der Waals surface area contributed by atoms with Crippen molar-refractivity contribution in [2.24, 2.45) is 5.92 Å². The number of amides is 1. The molecule has 1 aromatic heterocycles. The summed E-state index contributed by atoms with van der Waals surface area (Å²) in [6.45, 7) is 3.09. The van der Waals surface area contributed by atoms with Gasteiger partial charge in [0.2, 0.25) is 5.91 Å².